The lowest BCUT2D eigenvalue weighted by Crippen LogP contribution is -2.44. The Morgan fingerprint density at radius 3 is 2.52 bits per heavy atom. The van der Waals surface area contributed by atoms with Crippen molar-refractivity contribution < 1.29 is 4.39 Å². The van der Waals surface area contributed by atoms with Crippen molar-refractivity contribution in [2.24, 2.45) is 0 Å². The predicted octanol–water partition coefficient (Wildman–Crippen LogP) is 1.54. The number of nitrogens with one attached hydrogen (secondary N) is 1. The van der Waals surface area contributed by atoms with E-state index in [1.165, 1.54) is 28.9 Å². The minimum absolute atomic E-state index is 0.252. The Bertz CT molecular complexity index is 695. The number of aromatic nitrogens is 2. The van der Waals surface area contributed by atoms with Gasteiger partial charge in [-0.25, -0.2) is 4.39 Å². The van der Waals surface area contributed by atoms with Gasteiger partial charge in [0, 0.05) is 26.2 Å². The molecule has 21 heavy (non-hydrogen) atoms. The summed E-state index contributed by atoms with van der Waals surface area (Å²) in [5, 5.41) is 7.47. The summed E-state index contributed by atoms with van der Waals surface area (Å²) in [5.74, 6) is -0.344. The molecule has 0 radical (unpaired) electrons. The number of piperazine rings is 1. The van der Waals surface area contributed by atoms with Crippen LogP contribution in [0.1, 0.15) is 0 Å². The maximum Gasteiger partial charge on any atom is 0.287 e. The molecule has 1 aromatic carbocycles. The lowest BCUT2D eigenvalue weighted by Gasteiger charge is -2.29. The molecular formula is C14H14BrFN4O. The van der Waals surface area contributed by atoms with Crippen LogP contribution < -0.4 is 15.8 Å². The second kappa shape index (κ2) is 5.95. The maximum absolute atomic E-state index is 13.0. The van der Waals surface area contributed by atoms with Gasteiger partial charge in [-0.1, -0.05) is 0 Å². The van der Waals surface area contributed by atoms with Crippen LogP contribution in [0.25, 0.3) is 5.69 Å². The van der Waals surface area contributed by atoms with Gasteiger partial charge >= 0.3 is 0 Å². The maximum atomic E-state index is 13.0. The smallest absolute Gasteiger partial charge is 0.287 e. The van der Waals surface area contributed by atoms with E-state index < -0.39 is 0 Å². The number of hydrogen-bond donors (Lipinski definition) is 1. The summed E-state index contributed by atoms with van der Waals surface area (Å²) in [6.07, 6.45) is 1.67. The van der Waals surface area contributed by atoms with Crippen molar-refractivity contribution >= 4 is 21.6 Å². The van der Waals surface area contributed by atoms with Crippen molar-refractivity contribution in [3.8, 4) is 5.69 Å². The molecule has 1 aromatic heterocycles. The Morgan fingerprint density at radius 1 is 1.19 bits per heavy atom. The molecule has 1 fully saturated rings. The molecule has 0 aliphatic carbocycles. The largest absolute Gasteiger partial charge is 0.367 e. The molecule has 2 aromatic rings. The molecule has 0 unspecified atom stereocenters. The second-order valence-corrected chi connectivity index (χ2v) is 5.57. The highest BCUT2D eigenvalue weighted by molar-refractivity contribution is 9.10. The third kappa shape index (κ3) is 2.84. The topological polar surface area (TPSA) is 50.2 Å². The van der Waals surface area contributed by atoms with Gasteiger partial charge in [-0.15, -0.1) is 0 Å². The molecule has 5 nitrogen and oxygen atoms in total. The first-order valence-electron chi connectivity index (χ1n) is 6.66. The average molecular weight is 353 g/mol. The van der Waals surface area contributed by atoms with Crippen LogP contribution in [-0.2, 0) is 0 Å². The zero-order chi connectivity index (χ0) is 14.8. The molecular weight excluding hydrogens is 339 g/mol. The summed E-state index contributed by atoms with van der Waals surface area (Å²) in [6, 6.07) is 5.67. The first kappa shape index (κ1) is 14.2. The zero-order valence-corrected chi connectivity index (χ0v) is 12.8. The first-order valence-corrected chi connectivity index (χ1v) is 7.45. The summed E-state index contributed by atoms with van der Waals surface area (Å²) in [6.45, 7) is 3.43. The van der Waals surface area contributed by atoms with Crippen LogP contribution in [0.5, 0.6) is 0 Å². The summed E-state index contributed by atoms with van der Waals surface area (Å²) in [4.78, 5) is 14.6. The fourth-order valence-electron chi connectivity index (χ4n) is 2.32. The molecule has 7 heteroatoms. The van der Waals surface area contributed by atoms with E-state index in [0.717, 1.165) is 31.9 Å². The van der Waals surface area contributed by atoms with Crippen molar-refractivity contribution in [3.05, 3.63) is 51.1 Å². The molecule has 3 rings (SSSR count). The predicted molar refractivity (Wildman–Crippen MR) is 82.6 cm³/mol. The molecule has 1 N–H and O–H groups in total. The number of anilines is 1. The van der Waals surface area contributed by atoms with Crippen LogP contribution in [0, 0.1) is 5.82 Å². The zero-order valence-electron chi connectivity index (χ0n) is 11.2. The molecule has 110 valence electrons. The molecule has 1 aliphatic heterocycles. The number of hydrogen-bond acceptors (Lipinski definition) is 4. The van der Waals surface area contributed by atoms with Gasteiger partial charge in [-0.2, -0.15) is 9.78 Å². The Hall–Kier alpha value is -1.73. The van der Waals surface area contributed by atoms with Crippen LogP contribution in [-0.4, -0.2) is 36.0 Å². The van der Waals surface area contributed by atoms with Crippen LogP contribution in [0.2, 0.25) is 0 Å². The van der Waals surface area contributed by atoms with E-state index >= 15 is 0 Å². The van der Waals surface area contributed by atoms with E-state index in [9.17, 15) is 9.18 Å². The number of nitrogens with zero attached hydrogens (tertiary/aromatic N) is 3. The van der Waals surface area contributed by atoms with Crippen molar-refractivity contribution in [2.75, 3.05) is 31.1 Å². The number of benzene rings is 1. The Labute approximate surface area is 129 Å². The van der Waals surface area contributed by atoms with E-state index in [1.807, 2.05) is 0 Å². The summed E-state index contributed by atoms with van der Waals surface area (Å²) >= 11 is 3.37. The molecule has 0 atom stereocenters. The van der Waals surface area contributed by atoms with E-state index in [2.05, 4.69) is 31.2 Å². The number of halogens is 2. The third-order valence-corrected chi connectivity index (χ3v) is 4.17. The van der Waals surface area contributed by atoms with Crippen molar-refractivity contribution in [1.82, 2.24) is 15.1 Å². The lowest BCUT2D eigenvalue weighted by molar-refractivity contribution is 0.586. The average Bonchev–Trinajstić information content (AvgIpc) is 2.52. The quantitative estimate of drug-likeness (QED) is 0.890. The molecule has 1 aliphatic rings. The minimum atomic E-state index is -0.344. The Kier molecular flexibility index (Phi) is 4.03. The van der Waals surface area contributed by atoms with Gasteiger partial charge in [0.1, 0.15) is 10.3 Å². The van der Waals surface area contributed by atoms with Crippen LogP contribution in [0.4, 0.5) is 10.1 Å². The van der Waals surface area contributed by atoms with Gasteiger partial charge in [-0.05, 0) is 40.2 Å². The molecule has 1 saturated heterocycles. The highest BCUT2D eigenvalue weighted by atomic mass is 79.9. The van der Waals surface area contributed by atoms with Crippen LogP contribution in [0.15, 0.2) is 39.7 Å². The Morgan fingerprint density at radius 2 is 1.86 bits per heavy atom. The standard InChI is InChI=1S/C14H14BrFN4O/c15-13-12(19-7-5-17-6-8-19)9-18-20(14(13)21)11-3-1-10(16)2-4-11/h1-4,9,17H,5-8H2. The van der Waals surface area contributed by atoms with Crippen molar-refractivity contribution in [1.29, 1.82) is 0 Å². The van der Waals surface area contributed by atoms with Crippen molar-refractivity contribution in [2.45, 2.75) is 0 Å². The summed E-state index contributed by atoms with van der Waals surface area (Å²) < 4.78 is 14.7. The summed E-state index contributed by atoms with van der Waals surface area (Å²) in [5.41, 5.74) is 1.08. The molecule has 2 heterocycles. The molecule has 0 spiro atoms. The fraction of sp³-hybridized carbons (Fsp3) is 0.286. The highest BCUT2D eigenvalue weighted by Gasteiger charge is 2.17. The van der Waals surface area contributed by atoms with Gasteiger partial charge in [0.2, 0.25) is 0 Å². The van der Waals surface area contributed by atoms with Crippen LogP contribution >= 0.6 is 15.9 Å². The van der Waals surface area contributed by atoms with E-state index in [0.29, 0.717) is 10.2 Å². The normalized spacial score (nSPS) is 15.2. The molecule has 0 bridgehead atoms. The highest BCUT2D eigenvalue weighted by Crippen LogP contribution is 2.22. The number of rotatable bonds is 2. The SMILES string of the molecule is O=c1c(Br)c(N2CCNCC2)cnn1-c1ccc(F)cc1. The van der Waals surface area contributed by atoms with Gasteiger partial charge in [0.15, 0.2) is 0 Å². The van der Waals surface area contributed by atoms with E-state index in [1.54, 1.807) is 6.20 Å². The van der Waals surface area contributed by atoms with Gasteiger partial charge < -0.3 is 10.2 Å². The Balaban J connectivity index is 2.00. The molecule has 0 amide bonds. The fourth-order valence-corrected chi connectivity index (χ4v) is 2.84. The minimum Gasteiger partial charge on any atom is -0.367 e. The second-order valence-electron chi connectivity index (χ2n) is 4.77. The van der Waals surface area contributed by atoms with E-state index in [4.69, 9.17) is 0 Å². The third-order valence-electron chi connectivity index (χ3n) is 3.43. The van der Waals surface area contributed by atoms with Crippen LogP contribution in [0.3, 0.4) is 0 Å². The van der Waals surface area contributed by atoms with Gasteiger partial charge in [-0.3, -0.25) is 4.79 Å². The van der Waals surface area contributed by atoms with Crippen molar-refractivity contribution in [3.63, 3.8) is 0 Å². The monoisotopic (exact) mass is 352 g/mol. The summed E-state index contributed by atoms with van der Waals surface area (Å²) in [7, 11) is 0. The first-order chi connectivity index (χ1) is 10.2. The van der Waals surface area contributed by atoms with Gasteiger partial charge in [0.05, 0.1) is 17.6 Å². The lowest BCUT2D eigenvalue weighted by atomic mass is 10.3. The molecule has 0 saturated carbocycles. The van der Waals surface area contributed by atoms with Gasteiger partial charge in [0.25, 0.3) is 5.56 Å². The van der Waals surface area contributed by atoms with E-state index in [-0.39, 0.29) is 11.4 Å².